The highest BCUT2D eigenvalue weighted by Gasteiger charge is 2.25. The van der Waals surface area contributed by atoms with Crippen molar-refractivity contribution in [2.24, 2.45) is 0 Å². The lowest BCUT2D eigenvalue weighted by Crippen LogP contribution is -2.25. The molecular weight excluding hydrogens is 410 g/mol. The number of carbonyl (C=O) groups excluding carboxylic acids is 2. The summed E-state index contributed by atoms with van der Waals surface area (Å²) < 4.78 is 36.1. The highest BCUT2D eigenvalue weighted by atomic mass is 19.3. The Morgan fingerprint density at radius 2 is 1.74 bits per heavy atom. The Hall–Kier alpha value is -3.75. The first-order chi connectivity index (χ1) is 14.7. The van der Waals surface area contributed by atoms with Gasteiger partial charge in [0.2, 0.25) is 11.3 Å². The molecule has 0 fully saturated rings. The number of aromatic amines is 1. The van der Waals surface area contributed by atoms with Crippen molar-refractivity contribution in [3.05, 3.63) is 81.5 Å². The molecule has 0 aliphatic carbocycles. The number of hydrogen-bond acceptors (Lipinski definition) is 5. The molecule has 0 spiro atoms. The van der Waals surface area contributed by atoms with Crippen LogP contribution in [0.25, 0.3) is 5.69 Å². The Kier molecular flexibility index (Phi) is 6.33. The number of esters is 1. The molecule has 0 saturated carbocycles. The molecule has 7 nitrogen and oxygen atoms in total. The van der Waals surface area contributed by atoms with E-state index < -0.39 is 30.0 Å². The number of rotatable bonds is 7. The minimum Gasteiger partial charge on any atom is -0.451 e. The summed E-state index contributed by atoms with van der Waals surface area (Å²) in [6, 6.07) is 10.2. The van der Waals surface area contributed by atoms with Gasteiger partial charge >= 0.3 is 12.6 Å². The standard InChI is InChI=1S/C22H20F2N2O5/c1-12-10-18(13(2)26(12)16-4-6-17(7-5-16)31-22(23)24)20(28)14(3)30-21(29)15-8-9-25-19(27)11-15/h4-11,14,22H,1-3H3,(H,25,27). The van der Waals surface area contributed by atoms with Crippen LogP contribution in [0, 0.1) is 13.8 Å². The lowest BCUT2D eigenvalue weighted by Gasteiger charge is -2.13. The molecule has 1 N–H and O–H groups in total. The van der Waals surface area contributed by atoms with Gasteiger partial charge in [-0.3, -0.25) is 9.59 Å². The zero-order valence-electron chi connectivity index (χ0n) is 17.0. The zero-order valence-corrected chi connectivity index (χ0v) is 17.0. The molecule has 0 saturated heterocycles. The maximum absolute atomic E-state index is 12.9. The van der Waals surface area contributed by atoms with Gasteiger partial charge in [-0.1, -0.05) is 0 Å². The number of nitrogens with zero attached hydrogens (tertiary/aromatic N) is 1. The van der Waals surface area contributed by atoms with Crippen molar-refractivity contribution in [3.8, 4) is 11.4 Å². The first-order valence-electron chi connectivity index (χ1n) is 9.35. The highest BCUT2D eigenvalue weighted by Crippen LogP contribution is 2.25. The third kappa shape index (κ3) is 4.88. The molecule has 2 heterocycles. The number of pyridine rings is 1. The van der Waals surface area contributed by atoms with E-state index in [9.17, 15) is 23.2 Å². The number of Topliss-reactive ketones (excluding diaryl/α,β-unsaturated/α-hetero) is 1. The number of H-pyrrole nitrogens is 1. The van der Waals surface area contributed by atoms with E-state index in [-0.39, 0.29) is 11.3 Å². The molecule has 1 unspecified atom stereocenters. The topological polar surface area (TPSA) is 90.4 Å². The average Bonchev–Trinajstić information content (AvgIpc) is 3.01. The molecule has 0 aliphatic rings. The number of ether oxygens (including phenoxy) is 2. The first-order valence-corrected chi connectivity index (χ1v) is 9.35. The Labute approximate surface area is 176 Å². The van der Waals surface area contributed by atoms with Crippen molar-refractivity contribution in [1.82, 2.24) is 9.55 Å². The lowest BCUT2D eigenvalue weighted by atomic mass is 10.1. The molecular formula is C22H20F2N2O5. The number of nitrogens with one attached hydrogen (secondary N) is 1. The normalized spacial score (nSPS) is 11.9. The molecule has 9 heteroatoms. The molecule has 31 heavy (non-hydrogen) atoms. The third-order valence-electron chi connectivity index (χ3n) is 4.68. The lowest BCUT2D eigenvalue weighted by molar-refractivity contribution is -0.0498. The van der Waals surface area contributed by atoms with Gasteiger partial charge in [0.1, 0.15) is 5.75 Å². The van der Waals surface area contributed by atoms with Crippen molar-refractivity contribution in [3.63, 3.8) is 0 Å². The van der Waals surface area contributed by atoms with E-state index in [4.69, 9.17) is 4.74 Å². The van der Waals surface area contributed by atoms with Crippen LogP contribution in [0.3, 0.4) is 0 Å². The average molecular weight is 430 g/mol. The van der Waals surface area contributed by atoms with E-state index in [0.29, 0.717) is 16.9 Å². The summed E-state index contributed by atoms with van der Waals surface area (Å²) in [5.41, 5.74) is 1.93. The number of aryl methyl sites for hydroxylation is 1. The summed E-state index contributed by atoms with van der Waals surface area (Å²) in [5, 5.41) is 0. The maximum atomic E-state index is 12.9. The number of halogens is 2. The largest absolute Gasteiger partial charge is 0.451 e. The van der Waals surface area contributed by atoms with Gasteiger partial charge < -0.3 is 19.0 Å². The fraction of sp³-hybridized carbons (Fsp3) is 0.227. The predicted octanol–water partition coefficient (Wildman–Crippen LogP) is 3.81. The summed E-state index contributed by atoms with van der Waals surface area (Å²) in [7, 11) is 0. The smallest absolute Gasteiger partial charge is 0.387 e. The van der Waals surface area contributed by atoms with Crippen molar-refractivity contribution in [1.29, 1.82) is 0 Å². The Morgan fingerprint density at radius 1 is 1.06 bits per heavy atom. The SMILES string of the molecule is Cc1cc(C(=O)C(C)OC(=O)c2cc[nH]c(=O)c2)c(C)n1-c1ccc(OC(F)F)cc1. The second-order valence-electron chi connectivity index (χ2n) is 6.85. The van der Waals surface area contributed by atoms with E-state index in [1.807, 2.05) is 0 Å². The summed E-state index contributed by atoms with van der Waals surface area (Å²) in [5.74, 6) is -1.16. The van der Waals surface area contributed by atoms with Crippen LogP contribution in [-0.4, -0.2) is 34.0 Å². The van der Waals surface area contributed by atoms with Gasteiger partial charge in [0.05, 0.1) is 5.56 Å². The van der Waals surface area contributed by atoms with Crippen LogP contribution >= 0.6 is 0 Å². The van der Waals surface area contributed by atoms with Crippen molar-refractivity contribution in [2.45, 2.75) is 33.5 Å². The van der Waals surface area contributed by atoms with E-state index in [0.717, 1.165) is 11.8 Å². The summed E-state index contributed by atoms with van der Waals surface area (Å²) in [6.45, 7) is 2.06. The number of alkyl halides is 2. The molecule has 2 aromatic heterocycles. The quantitative estimate of drug-likeness (QED) is 0.455. The number of carbonyl (C=O) groups is 2. The number of benzene rings is 1. The summed E-state index contributed by atoms with van der Waals surface area (Å²) >= 11 is 0. The van der Waals surface area contributed by atoms with Crippen LogP contribution in [0.5, 0.6) is 5.75 Å². The molecule has 0 aliphatic heterocycles. The Morgan fingerprint density at radius 3 is 2.35 bits per heavy atom. The van der Waals surface area contributed by atoms with Crippen LogP contribution in [0.2, 0.25) is 0 Å². The summed E-state index contributed by atoms with van der Waals surface area (Å²) in [4.78, 5) is 38.9. The van der Waals surface area contributed by atoms with E-state index in [1.165, 1.54) is 31.3 Å². The monoisotopic (exact) mass is 430 g/mol. The number of aromatic nitrogens is 2. The van der Waals surface area contributed by atoms with Crippen molar-refractivity contribution < 1.29 is 27.8 Å². The number of ketones is 1. The van der Waals surface area contributed by atoms with E-state index in [1.54, 1.807) is 36.6 Å². The van der Waals surface area contributed by atoms with Crippen molar-refractivity contribution in [2.75, 3.05) is 0 Å². The second kappa shape index (κ2) is 8.95. The highest BCUT2D eigenvalue weighted by molar-refractivity contribution is 6.02. The fourth-order valence-electron chi connectivity index (χ4n) is 3.26. The molecule has 0 bridgehead atoms. The van der Waals surface area contributed by atoms with Gasteiger partial charge in [-0.2, -0.15) is 8.78 Å². The van der Waals surface area contributed by atoms with Gasteiger partial charge in [-0.05, 0) is 57.2 Å². The third-order valence-corrected chi connectivity index (χ3v) is 4.68. The van der Waals surface area contributed by atoms with E-state index >= 15 is 0 Å². The fourth-order valence-corrected chi connectivity index (χ4v) is 3.26. The van der Waals surface area contributed by atoms with Crippen LogP contribution in [0.4, 0.5) is 8.78 Å². The van der Waals surface area contributed by atoms with E-state index in [2.05, 4.69) is 9.72 Å². The molecule has 0 radical (unpaired) electrons. The Balaban J connectivity index is 1.81. The first kappa shape index (κ1) is 21.9. The minimum atomic E-state index is -2.91. The van der Waals surface area contributed by atoms with Crippen LogP contribution in [0.15, 0.2) is 53.5 Å². The maximum Gasteiger partial charge on any atom is 0.387 e. The van der Waals surface area contributed by atoms with Crippen LogP contribution < -0.4 is 10.3 Å². The van der Waals surface area contributed by atoms with Crippen LogP contribution in [-0.2, 0) is 4.74 Å². The van der Waals surface area contributed by atoms with Gasteiger partial charge in [0.15, 0.2) is 6.10 Å². The minimum absolute atomic E-state index is 0.0257. The van der Waals surface area contributed by atoms with Crippen molar-refractivity contribution >= 4 is 11.8 Å². The molecule has 0 amide bonds. The van der Waals surface area contributed by atoms with Gasteiger partial charge in [0.25, 0.3) is 0 Å². The van der Waals surface area contributed by atoms with Gasteiger partial charge in [-0.15, -0.1) is 0 Å². The van der Waals surface area contributed by atoms with Crippen LogP contribution in [0.1, 0.15) is 39.0 Å². The molecule has 3 aromatic rings. The van der Waals surface area contributed by atoms with Gasteiger partial charge in [-0.25, -0.2) is 4.79 Å². The van der Waals surface area contributed by atoms with Gasteiger partial charge in [0, 0.05) is 34.9 Å². The second-order valence-corrected chi connectivity index (χ2v) is 6.85. The Bertz CT molecular complexity index is 1170. The number of hydrogen-bond donors (Lipinski definition) is 1. The molecule has 3 rings (SSSR count). The predicted molar refractivity (Wildman–Crippen MR) is 108 cm³/mol. The molecule has 1 aromatic carbocycles. The summed E-state index contributed by atoms with van der Waals surface area (Å²) in [6.07, 6.45) is 0.235. The zero-order chi connectivity index (χ0) is 22.7. The molecule has 162 valence electrons. The molecule has 1 atom stereocenters.